The number of hydrogen-bond acceptors (Lipinski definition) is 2. The molecule has 0 saturated heterocycles. The van der Waals surface area contributed by atoms with Crippen LogP contribution < -0.4 is 0 Å². The third-order valence-electron chi connectivity index (χ3n) is 2.38. The van der Waals surface area contributed by atoms with Crippen LogP contribution in [0.5, 0.6) is 0 Å². The van der Waals surface area contributed by atoms with Gasteiger partial charge >= 0.3 is 0 Å². The summed E-state index contributed by atoms with van der Waals surface area (Å²) in [5.74, 6) is 0. The number of hydrogen-bond donors (Lipinski definition) is 1. The predicted molar refractivity (Wildman–Crippen MR) is 61.0 cm³/mol. The van der Waals surface area contributed by atoms with Gasteiger partial charge in [-0.15, -0.1) is 5.16 Å². The first-order valence-electron chi connectivity index (χ1n) is 4.40. The molecule has 0 radical (unpaired) electrons. The van der Waals surface area contributed by atoms with Crippen molar-refractivity contribution in [1.82, 2.24) is 0 Å². The Labute approximate surface area is 91.1 Å². The number of benzene rings is 1. The van der Waals surface area contributed by atoms with E-state index >= 15 is 0 Å². The van der Waals surface area contributed by atoms with Crippen molar-refractivity contribution in [2.24, 2.45) is 5.16 Å². The first-order valence-corrected chi connectivity index (χ1v) is 5.19. The second-order valence-electron chi connectivity index (χ2n) is 3.30. The Kier molecular flexibility index (Phi) is 2.42. The summed E-state index contributed by atoms with van der Waals surface area (Å²) in [4.78, 5) is 0. The largest absolute Gasteiger partial charge is 0.411 e. The van der Waals surface area contributed by atoms with Crippen LogP contribution in [-0.4, -0.2) is 11.4 Å². The Morgan fingerprint density at radius 1 is 1.43 bits per heavy atom. The highest BCUT2D eigenvalue weighted by atomic mass is 79.9. The van der Waals surface area contributed by atoms with Gasteiger partial charge in [-0.05, 0) is 17.5 Å². The fourth-order valence-corrected chi connectivity index (χ4v) is 2.34. The van der Waals surface area contributed by atoms with E-state index in [1.807, 2.05) is 24.3 Å². The number of fused-ring (bicyclic) bond motifs is 1. The van der Waals surface area contributed by atoms with Gasteiger partial charge in [0.15, 0.2) is 0 Å². The molecule has 1 aliphatic rings. The van der Waals surface area contributed by atoms with Crippen LogP contribution in [0.15, 0.2) is 35.5 Å². The van der Waals surface area contributed by atoms with Crippen molar-refractivity contribution in [2.75, 3.05) is 0 Å². The lowest BCUT2D eigenvalue weighted by Gasteiger charge is -2.26. The zero-order valence-electron chi connectivity index (χ0n) is 7.52. The topological polar surface area (TPSA) is 32.6 Å². The van der Waals surface area contributed by atoms with Crippen LogP contribution in [0.4, 0.5) is 0 Å². The van der Waals surface area contributed by atoms with E-state index in [0.717, 1.165) is 17.5 Å². The van der Waals surface area contributed by atoms with Crippen molar-refractivity contribution in [2.45, 2.75) is 10.7 Å². The summed E-state index contributed by atoms with van der Waals surface area (Å²) in [6.45, 7) is 0. The molecular weight excluding hydrogens is 242 g/mol. The maximum Gasteiger partial charge on any atom is 0.0929 e. The molecule has 3 heteroatoms. The molecule has 0 bridgehead atoms. The highest BCUT2D eigenvalue weighted by Gasteiger charge is 2.30. The Bertz CT molecular complexity index is 400. The summed E-state index contributed by atoms with van der Waals surface area (Å²) in [6.07, 6.45) is 6.47. The maximum absolute atomic E-state index is 8.62. The van der Waals surface area contributed by atoms with Crippen LogP contribution in [0.1, 0.15) is 17.5 Å². The molecule has 0 aromatic heterocycles. The van der Waals surface area contributed by atoms with Gasteiger partial charge in [0.2, 0.25) is 0 Å². The first-order chi connectivity index (χ1) is 6.76. The summed E-state index contributed by atoms with van der Waals surface area (Å²) in [6, 6.07) is 8.07. The smallest absolute Gasteiger partial charge is 0.0929 e. The summed E-state index contributed by atoms with van der Waals surface area (Å²) < 4.78 is -0.354. The fraction of sp³-hybridized carbons (Fsp3) is 0.182. The van der Waals surface area contributed by atoms with Crippen LogP contribution in [0.2, 0.25) is 0 Å². The van der Waals surface area contributed by atoms with Crippen LogP contribution in [0.3, 0.4) is 0 Å². The average molecular weight is 252 g/mol. The minimum Gasteiger partial charge on any atom is -0.411 e. The number of nitrogens with zero attached hydrogens (tertiary/aromatic N) is 1. The van der Waals surface area contributed by atoms with Crippen molar-refractivity contribution in [3.63, 3.8) is 0 Å². The molecule has 2 nitrogen and oxygen atoms in total. The van der Waals surface area contributed by atoms with Crippen molar-refractivity contribution >= 4 is 28.2 Å². The summed E-state index contributed by atoms with van der Waals surface area (Å²) in [5.41, 5.74) is 2.30. The molecule has 1 aromatic carbocycles. The van der Waals surface area contributed by atoms with Crippen LogP contribution >= 0.6 is 15.9 Å². The molecule has 1 unspecified atom stereocenters. The highest BCUT2D eigenvalue weighted by Crippen LogP contribution is 2.39. The SMILES string of the molecule is ON=CC1(Br)CC=Cc2ccccc21. The second kappa shape index (κ2) is 3.58. The molecule has 0 saturated carbocycles. The van der Waals surface area contributed by atoms with Gasteiger partial charge in [0.1, 0.15) is 0 Å². The minimum atomic E-state index is -0.354. The molecule has 1 N–H and O–H groups in total. The van der Waals surface area contributed by atoms with Crippen LogP contribution in [0.25, 0.3) is 6.08 Å². The first kappa shape index (κ1) is 9.46. The highest BCUT2D eigenvalue weighted by molar-refractivity contribution is 9.10. The number of alkyl halides is 1. The van der Waals surface area contributed by atoms with Crippen LogP contribution in [-0.2, 0) is 4.32 Å². The van der Waals surface area contributed by atoms with Gasteiger partial charge in [0.25, 0.3) is 0 Å². The van der Waals surface area contributed by atoms with Gasteiger partial charge in [-0.25, -0.2) is 0 Å². The van der Waals surface area contributed by atoms with Gasteiger partial charge in [0, 0.05) is 0 Å². The van der Waals surface area contributed by atoms with E-state index in [4.69, 9.17) is 5.21 Å². The molecule has 1 aliphatic carbocycles. The third kappa shape index (κ3) is 1.48. The van der Waals surface area contributed by atoms with E-state index in [9.17, 15) is 0 Å². The standard InChI is InChI=1S/C11H10BrNO/c12-11(8-13-14)7-3-5-9-4-1-2-6-10(9)11/h1-6,8,14H,7H2. The van der Waals surface area contributed by atoms with E-state index in [2.05, 4.69) is 33.2 Å². The molecule has 0 amide bonds. The van der Waals surface area contributed by atoms with Gasteiger partial charge in [-0.1, -0.05) is 52.3 Å². The zero-order chi connectivity index (χ0) is 10.0. The van der Waals surface area contributed by atoms with E-state index < -0.39 is 0 Å². The lowest BCUT2D eigenvalue weighted by Crippen LogP contribution is -2.22. The monoisotopic (exact) mass is 251 g/mol. The molecule has 14 heavy (non-hydrogen) atoms. The quantitative estimate of drug-likeness (QED) is 0.354. The summed E-state index contributed by atoms with van der Waals surface area (Å²) in [7, 11) is 0. The van der Waals surface area contributed by atoms with Crippen molar-refractivity contribution in [3.8, 4) is 0 Å². The molecule has 72 valence electrons. The fourth-order valence-electron chi connectivity index (χ4n) is 1.70. The lowest BCUT2D eigenvalue weighted by atomic mass is 9.88. The molecule has 0 fully saturated rings. The molecule has 0 heterocycles. The van der Waals surface area contributed by atoms with E-state index in [-0.39, 0.29) is 4.32 Å². The van der Waals surface area contributed by atoms with E-state index in [1.54, 1.807) is 0 Å². The summed E-state index contributed by atoms with van der Waals surface area (Å²) in [5, 5.41) is 11.7. The van der Waals surface area contributed by atoms with Crippen molar-refractivity contribution in [3.05, 3.63) is 41.5 Å². The Morgan fingerprint density at radius 2 is 2.21 bits per heavy atom. The molecule has 2 rings (SSSR count). The van der Waals surface area contributed by atoms with Crippen LogP contribution in [0, 0.1) is 0 Å². The molecule has 1 atom stereocenters. The predicted octanol–water partition coefficient (Wildman–Crippen LogP) is 3.15. The normalized spacial score (nSPS) is 25.2. The number of oxime groups is 1. The van der Waals surface area contributed by atoms with Gasteiger partial charge in [-0.2, -0.15) is 0 Å². The van der Waals surface area contributed by atoms with E-state index in [1.165, 1.54) is 6.21 Å². The summed E-state index contributed by atoms with van der Waals surface area (Å²) >= 11 is 3.59. The van der Waals surface area contributed by atoms with Crippen molar-refractivity contribution < 1.29 is 5.21 Å². The Hall–Kier alpha value is -1.09. The van der Waals surface area contributed by atoms with Gasteiger partial charge in [-0.3, -0.25) is 0 Å². The van der Waals surface area contributed by atoms with Gasteiger partial charge < -0.3 is 5.21 Å². The van der Waals surface area contributed by atoms with E-state index in [0.29, 0.717) is 0 Å². The molecular formula is C11H10BrNO. The average Bonchev–Trinajstić information content (AvgIpc) is 2.19. The minimum absolute atomic E-state index is 0.354. The molecule has 0 aliphatic heterocycles. The maximum atomic E-state index is 8.62. The number of allylic oxidation sites excluding steroid dienone is 1. The van der Waals surface area contributed by atoms with Crippen molar-refractivity contribution in [1.29, 1.82) is 0 Å². The Balaban J connectivity index is 2.55. The molecule has 1 aromatic rings. The number of halogens is 1. The lowest BCUT2D eigenvalue weighted by molar-refractivity contribution is 0.319. The number of rotatable bonds is 1. The Morgan fingerprint density at radius 3 is 3.00 bits per heavy atom. The third-order valence-corrected chi connectivity index (χ3v) is 3.34. The zero-order valence-corrected chi connectivity index (χ0v) is 9.11. The molecule has 0 spiro atoms. The second-order valence-corrected chi connectivity index (χ2v) is 4.72. The van der Waals surface area contributed by atoms with Gasteiger partial charge in [0.05, 0.1) is 10.5 Å².